The highest BCUT2D eigenvalue weighted by molar-refractivity contribution is 5.76. The number of carbonyl (C=O) groups excluding carboxylic acids is 1. The first-order chi connectivity index (χ1) is 11.8. The van der Waals surface area contributed by atoms with E-state index in [9.17, 15) is 18.0 Å². The summed E-state index contributed by atoms with van der Waals surface area (Å²) >= 11 is 0. The fourth-order valence-electron chi connectivity index (χ4n) is 2.91. The first-order valence-electron chi connectivity index (χ1n) is 8.60. The van der Waals surface area contributed by atoms with Gasteiger partial charge in [-0.1, -0.05) is 12.1 Å². The van der Waals surface area contributed by atoms with Crippen LogP contribution >= 0.6 is 0 Å². The number of rotatable bonds is 6. The fourth-order valence-corrected chi connectivity index (χ4v) is 2.91. The zero-order valence-corrected chi connectivity index (χ0v) is 14.5. The summed E-state index contributed by atoms with van der Waals surface area (Å²) < 4.78 is 43.0. The van der Waals surface area contributed by atoms with Crippen LogP contribution in [-0.2, 0) is 4.79 Å². The summed E-state index contributed by atoms with van der Waals surface area (Å²) in [5.41, 5.74) is 1.11. The summed E-state index contributed by atoms with van der Waals surface area (Å²) in [6.07, 6.45) is -2.67. The molecule has 4 nitrogen and oxygen atoms in total. The van der Waals surface area contributed by atoms with Gasteiger partial charge in [0.15, 0.2) is 0 Å². The number of benzene rings is 1. The summed E-state index contributed by atoms with van der Waals surface area (Å²) in [6, 6.07) is 7.71. The monoisotopic (exact) mass is 358 g/mol. The molecule has 0 N–H and O–H groups in total. The first kappa shape index (κ1) is 19.6. The van der Waals surface area contributed by atoms with Crippen LogP contribution in [0.3, 0.4) is 0 Å². The van der Waals surface area contributed by atoms with E-state index >= 15 is 0 Å². The van der Waals surface area contributed by atoms with Gasteiger partial charge in [0.2, 0.25) is 5.91 Å². The molecular formula is C18H25F3N2O2. The van der Waals surface area contributed by atoms with Crippen molar-refractivity contribution >= 4 is 5.91 Å². The maximum absolute atomic E-state index is 12.5. The van der Waals surface area contributed by atoms with E-state index in [0.29, 0.717) is 45.5 Å². The molecular weight excluding hydrogens is 333 g/mol. The minimum absolute atomic E-state index is 0.0123. The lowest BCUT2D eigenvalue weighted by Crippen LogP contribution is -2.38. The second-order valence-electron chi connectivity index (χ2n) is 6.39. The number of amides is 1. The third-order valence-corrected chi connectivity index (χ3v) is 4.14. The van der Waals surface area contributed by atoms with Crippen molar-refractivity contribution in [3.63, 3.8) is 0 Å². The van der Waals surface area contributed by atoms with Gasteiger partial charge in [0, 0.05) is 32.6 Å². The van der Waals surface area contributed by atoms with Gasteiger partial charge in [0.25, 0.3) is 0 Å². The van der Waals surface area contributed by atoms with Crippen molar-refractivity contribution in [2.24, 2.45) is 0 Å². The normalized spacial score (nSPS) is 16.6. The van der Waals surface area contributed by atoms with Gasteiger partial charge in [-0.15, -0.1) is 0 Å². The van der Waals surface area contributed by atoms with Crippen molar-refractivity contribution in [2.45, 2.75) is 32.4 Å². The van der Waals surface area contributed by atoms with Crippen molar-refractivity contribution in [3.8, 4) is 5.75 Å². The topological polar surface area (TPSA) is 32.8 Å². The maximum atomic E-state index is 12.5. The van der Waals surface area contributed by atoms with E-state index in [4.69, 9.17) is 4.74 Å². The highest BCUT2D eigenvalue weighted by atomic mass is 19.4. The number of hydrogen-bond acceptors (Lipinski definition) is 3. The highest BCUT2D eigenvalue weighted by Crippen LogP contribution is 2.18. The van der Waals surface area contributed by atoms with Gasteiger partial charge in [-0.2, -0.15) is 13.2 Å². The molecule has 1 amide bonds. The van der Waals surface area contributed by atoms with E-state index in [0.717, 1.165) is 11.3 Å². The number of aryl methyl sites for hydroxylation is 1. The van der Waals surface area contributed by atoms with Crippen molar-refractivity contribution in [3.05, 3.63) is 29.8 Å². The third kappa shape index (κ3) is 7.34. The summed E-state index contributed by atoms with van der Waals surface area (Å²) in [4.78, 5) is 15.3. The zero-order valence-electron chi connectivity index (χ0n) is 14.5. The SMILES string of the molecule is Cc1cccc(OCCCC(=O)N2CCCN(CC(F)(F)F)CC2)c1. The average Bonchev–Trinajstić information content (AvgIpc) is 2.75. The van der Waals surface area contributed by atoms with E-state index in [1.807, 2.05) is 31.2 Å². The summed E-state index contributed by atoms with van der Waals surface area (Å²) in [6.45, 7) is 3.05. The summed E-state index contributed by atoms with van der Waals surface area (Å²) in [5.74, 6) is 0.770. The molecule has 7 heteroatoms. The van der Waals surface area contributed by atoms with E-state index in [1.54, 1.807) is 4.90 Å². The molecule has 1 aliphatic heterocycles. The molecule has 0 atom stereocenters. The van der Waals surface area contributed by atoms with Crippen molar-refractivity contribution in [1.82, 2.24) is 9.80 Å². The molecule has 1 aromatic carbocycles. The van der Waals surface area contributed by atoms with E-state index < -0.39 is 12.7 Å². The van der Waals surface area contributed by atoms with Gasteiger partial charge in [0.1, 0.15) is 5.75 Å². The molecule has 0 aromatic heterocycles. The molecule has 140 valence electrons. The third-order valence-electron chi connectivity index (χ3n) is 4.14. The van der Waals surface area contributed by atoms with E-state index in [-0.39, 0.29) is 12.5 Å². The largest absolute Gasteiger partial charge is 0.494 e. The summed E-state index contributed by atoms with van der Waals surface area (Å²) in [7, 11) is 0. The van der Waals surface area contributed by atoms with Crippen LogP contribution in [0.25, 0.3) is 0 Å². The molecule has 0 radical (unpaired) electrons. The predicted molar refractivity (Wildman–Crippen MR) is 89.6 cm³/mol. The fraction of sp³-hybridized carbons (Fsp3) is 0.611. The summed E-state index contributed by atoms with van der Waals surface area (Å²) in [5, 5.41) is 0. The van der Waals surface area contributed by atoms with Crippen LogP contribution in [0.1, 0.15) is 24.8 Å². The Hall–Kier alpha value is -1.76. The maximum Gasteiger partial charge on any atom is 0.401 e. The van der Waals surface area contributed by atoms with E-state index in [2.05, 4.69) is 0 Å². The molecule has 1 fully saturated rings. The van der Waals surface area contributed by atoms with E-state index in [1.165, 1.54) is 4.90 Å². The highest BCUT2D eigenvalue weighted by Gasteiger charge is 2.31. The number of nitrogens with zero attached hydrogens (tertiary/aromatic N) is 2. The van der Waals surface area contributed by atoms with Crippen LogP contribution < -0.4 is 4.74 Å². The second kappa shape index (κ2) is 9.08. The van der Waals surface area contributed by atoms with Gasteiger partial charge in [-0.05, 0) is 37.5 Å². The lowest BCUT2D eigenvalue weighted by molar-refractivity contribution is -0.145. The molecule has 0 spiro atoms. The number of hydrogen-bond donors (Lipinski definition) is 0. The van der Waals surface area contributed by atoms with Crippen LogP contribution in [0.5, 0.6) is 5.75 Å². The van der Waals surface area contributed by atoms with Gasteiger partial charge in [0.05, 0.1) is 13.2 Å². The van der Waals surface area contributed by atoms with Crippen molar-refractivity contribution < 1.29 is 22.7 Å². The molecule has 25 heavy (non-hydrogen) atoms. The Morgan fingerprint density at radius 2 is 2.00 bits per heavy atom. The van der Waals surface area contributed by atoms with Gasteiger partial charge in [-0.3, -0.25) is 9.69 Å². The van der Waals surface area contributed by atoms with Crippen LogP contribution in [0.2, 0.25) is 0 Å². The number of halogens is 3. The Kier molecular flexibility index (Phi) is 7.11. The zero-order chi connectivity index (χ0) is 18.3. The number of alkyl halides is 3. The molecule has 0 aliphatic carbocycles. The molecule has 2 rings (SSSR count). The Morgan fingerprint density at radius 3 is 2.72 bits per heavy atom. The van der Waals surface area contributed by atoms with Crippen molar-refractivity contribution in [2.75, 3.05) is 39.3 Å². The van der Waals surface area contributed by atoms with Gasteiger partial charge >= 0.3 is 6.18 Å². The molecule has 1 saturated heterocycles. The lowest BCUT2D eigenvalue weighted by atomic mass is 10.2. The van der Waals surface area contributed by atoms with Crippen LogP contribution in [0, 0.1) is 6.92 Å². The van der Waals surface area contributed by atoms with Gasteiger partial charge in [-0.25, -0.2) is 0 Å². The first-order valence-corrected chi connectivity index (χ1v) is 8.60. The second-order valence-corrected chi connectivity index (χ2v) is 6.39. The van der Waals surface area contributed by atoms with Crippen LogP contribution in [-0.4, -0.2) is 61.2 Å². The molecule has 0 unspecified atom stereocenters. The van der Waals surface area contributed by atoms with Crippen LogP contribution in [0.15, 0.2) is 24.3 Å². The Bertz CT molecular complexity index is 563. The number of carbonyl (C=O) groups is 1. The predicted octanol–water partition coefficient (Wildman–Crippen LogP) is 3.25. The smallest absolute Gasteiger partial charge is 0.401 e. The lowest BCUT2D eigenvalue weighted by Gasteiger charge is -2.22. The van der Waals surface area contributed by atoms with Crippen LogP contribution in [0.4, 0.5) is 13.2 Å². The average molecular weight is 358 g/mol. The minimum Gasteiger partial charge on any atom is -0.494 e. The Morgan fingerprint density at radius 1 is 1.20 bits per heavy atom. The van der Waals surface area contributed by atoms with Gasteiger partial charge < -0.3 is 9.64 Å². The molecule has 1 heterocycles. The molecule has 0 bridgehead atoms. The number of ether oxygens (including phenoxy) is 1. The molecule has 1 aliphatic rings. The standard InChI is InChI=1S/C18H25F3N2O2/c1-15-5-2-6-16(13-15)25-12-3-7-17(24)23-9-4-8-22(10-11-23)14-18(19,20)21/h2,5-6,13H,3-4,7-12,14H2,1H3. The Balaban J connectivity index is 1.68. The van der Waals surface area contributed by atoms with Crippen molar-refractivity contribution in [1.29, 1.82) is 0 Å². The minimum atomic E-state index is -4.19. The molecule has 1 aromatic rings. The Labute approximate surface area is 146 Å². The quantitative estimate of drug-likeness (QED) is 0.732. The molecule has 0 saturated carbocycles.